The minimum Gasteiger partial charge on any atom is -0.457 e. The topological polar surface area (TPSA) is 96.0 Å². The standard InChI is InChI=1S/C37H40ClN3O5S/c1-47(44,45)41(32-20-22-34(23-21-32)46-33-18-9-4-10-19-33)27-36(42)40(26-29-14-11-15-30(38)24-29)35(25-28-12-5-2-6-13-28)37(43)39-31-16-7-3-8-17-31/h2,4-6,9-15,18-24,31,35H,3,7-8,16-17,25-27H2,1H3,(H,39,43)/t35-/m1/s1. The normalized spacial score (nSPS) is 14.2. The number of carbonyl (C=O) groups is 2. The summed E-state index contributed by atoms with van der Waals surface area (Å²) < 4.78 is 33.2. The third-order valence-corrected chi connectivity index (χ3v) is 9.62. The Hall–Kier alpha value is -4.34. The minimum absolute atomic E-state index is 0.0294. The maximum atomic E-state index is 14.4. The molecule has 47 heavy (non-hydrogen) atoms. The number of anilines is 1. The summed E-state index contributed by atoms with van der Waals surface area (Å²) in [5.41, 5.74) is 1.91. The van der Waals surface area contributed by atoms with E-state index in [0.717, 1.165) is 53.8 Å². The first kappa shape index (κ1) is 34.0. The van der Waals surface area contributed by atoms with Gasteiger partial charge in [-0.05, 0) is 72.5 Å². The lowest BCUT2D eigenvalue weighted by molar-refractivity contribution is -0.140. The van der Waals surface area contributed by atoms with E-state index >= 15 is 0 Å². The molecule has 0 heterocycles. The highest BCUT2D eigenvalue weighted by Crippen LogP contribution is 2.27. The molecule has 0 aromatic heterocycles. The summed E-state index contributed by atoms with van der Waals surface area (Å²) in [6, 6.07) is 31.5. The molecule has 1 N–H and O–H groups in total. The Balaban J connectivity index is 1.46. The number of hydrogen-bond acceptors (Lipinski definition) is 5. The van der Waals surface area contributed by atoms with Crippen LogP contribution in [0.5, 0.6) is 11.5 Å². The Kier molecular flexibility index (Phi) is 11.6. The first-order valence-corrected chi connectivity index (χ1v) is 18.1. The van der Waals surface area contributed by atoms with Crippen LogP contribution in [0.2, 0.25) is 5.02 Å². The number of nitrogens with one attached hydrogen (secondary N) is 1. The van der Waals surface area contributed by atoms with Gasteiger partial charge in [0.15, 0.2) is 0 Å². The highest BCUT2D eigenvalue weighted by molar-refractivity contribution is 7.92. The van der Waals surface area contributed by atoms with Crippen LogP contribution < -0.4 is 14.4 Å². The van der Waals surface area contributed by atoms with E-state index in [1.165, 1.54) is 4.90 Å². The molecule has 4 aromatic carbocycles. The van der Waals surface area contributed by atoms with Crippen molar-refractivity contribution in [2.75, 3.05) is 17.1 Å². The number of halogens is 1. The van der Waals surface area contributed by atoms with E-state index in [4.69, 9.17) is 16.3 Å². The summed E-state index contributed by atoms with van der Waals surface area (Å²) in [7, 11) is -3.90. The summed E-state index contributed by atoms with van der Waals surface area (Å²) in [5.74, 6) is 0.386. The quantitative estimate of drug-likeness (QED) is 0.165. The summed E-state index contributed by atoms with van der Waals surface area (Å²) in [6.07, 6.45) is 6.31. The Bertz CT molecular complexity index is 1730. The van der Waals surface area contributed by atoms with Crippen molar-refractivity contribution in [3.05, 3.63) is 125 Å². The van der Waals surface area contributed by atoms with Crippen LogP contribution in [0.1, 0.15) is 43.2 Å². The summed E-state index contributed by atoms with van der Waals surface area (Å²) in [5, 5.41) is 3.71. The number of sulfonamides is 1. The predicted octanol–water partition coefficient (Wildman–Crippen LogP) is 6.99. The van der Waals surface area contributed by atoms with E-state index in [-0.39, 0.29) is 24.9 Å². The number of benzene rings is 4. The fourth-order valence-corrected chi connectivity index (χ4v) is 6.91. The molecule has 1 fully saturated rings. The lowest BCUT2D eigenvalue weighted by Gasteiger charge is -2.35. The Labute approximate surface area is 282 Å². The van der Waals surface area contributed by atoms with Gasteiger partial charge in [-0.1, -0.05) is 91.5 Å². The van der Waals surface area contributed by atoms with Crippen molar-refractivity contribution < 1.29 is 22.7 Å². The molecule has 5 rings (SSSR count). The van der Waals surface area contributed by atoms with E-state index in [0.29, 0.717) is 22.2 Å². The van der Waals surface area contributed by atoms with Gasteiger partial charge >= 0.3 is 0 Å². The first-order valence-electron chi connectivity index (χ1n) is 15.8. The maximum Gasteiger partial charge on any atom is 0.244 e. The van der Waals surface area contributed by atoms with Gasteiger partial charge in [-0.15, -0.1) is 0 Å². The highest BCUT2D eigenvalue weighted by Gasteiger charge is 2.34. The molecule has 0 radical (unpaired) electrons. The van der Waals surface area contributed by atoms with E-state index in [1.54, 1.807) is 42.5 Å². The van der Waals surface area contributed by atoms with Gasteiger partial charge in [-0.3, -0.25) is 13.9 Å². The van der Waals surface area contributed by atoms with Crippen LogP contribution in [-0.4, -0.2) is 50.0 Å². The van der Waals surface area contributed by atoms with Gasteiger partial charge in [0.05, 0.1) is 11.9 Å². The van der Waals surface area contributed by atoms with Crippen molar-refractivity contribution in [3.8, 4) is 11.5 Å². The molecule has 0 aliphatic heterocycles. The van der Waals surface area contributed by atoms with Gasteiger partial charge in [0, 0.05) is 24.0 Å². The Morgan fingerprint density at radius 3 is 2.09 bits per heavy atom. The predicted molar refractivity (Wildman–Crippen MR) is 186 cm³/mol. The fraction of sp³-hybridized carbons (Fsp3) is 0.297. The third kappa shape index (κ3) is 9.83. The zero-order chi connectivity index (χ0) is 33.2. The third-order valence-electron chi connectivity index (χ3n) is 8.25. The van der Waals surface area contributed by atoms with Crippen LogP contribution in [0.15, 0.2) is 109 Å². The van der Waals surface area contributed by atoms with Gasteiger partial charge in [-0.25, -0.2) is 8.42 Å². The molecule has 0 unspecified atom stereocenters. The second kappa shape index (κ2) is 16.0. The summed E-state index contributed by atoms with van der Waals surface area (Å²) in [6.45, 7) is -0.434. The van der Waals surface area contributed by atoms with E-state index in [2.05, 4.69) is 5.32 Å². The van der Waals surface area contributed by atoms with Gasteiger partial charge in [-0.2, -0.15) is 0 Å². The summed E-state index contributed by atoms with van der Waals surface area (Å²) >= 11 is 6.32. The van der Waals surface area contributed by atoms with Crippen molar-refractivity contribution in [3.63, 3.8) is 0 Å². The molecular weight excluding hydrogens is 634 g/mol. The molecule has 246 valence electrons. The van der Waals surface area contributed by atoms with Crippen molar-refractivity contribution in [1.29, 1.82) is 0 Å². The van der Waals surface area contributed by atoms with Crippen molar-refractivity contribution in [1.82, 2.24) is 10.2 Å². The average molecular weight is 674 g/mol. The second-order valence-electron chi connectivity index (χ2n) is 11.9. The van der Waals surface area contributed by atoms with Gasteiger partial charge in [0.2, 0.25) is 21.8 Å². The molecule has 8 nitrogen and oxygen atoms in total. The van der Waals surface area contributed by atoms with Crippen molar-refractivity contribution >= 4 is 39.1 Å². The first-order chi connectivity index (χ1) is 22.7. The average Bonchev–Trinajstić information content (AvgIpc) is 3.06. The molecule has 4 aromatic rings. The molecule has 0 spiro atoms. The molecule has 0 bridgehead atoms. The number of hydrogen-bond donors (Lipinski definition) is 1. The number of nitrogens with zero attached hydrogens (tertiary/aromatic N) is 2. The second-order valence-corrected chi connectivity index (χ2v) is 14.2. The summed E-state index contributed by atoms with van der Waals surface area (Å²) in [4.78, 5) is 30.0. The molecule has 1 aliphatic rings. The minimum atomic E-state index is -3.90. The van der Waals surface area contributed by atoms with Crippen LogP contribution in [0, 0.1) is 0 Å². The highest BCUT2D eigenvalue weighted by atomic mass is 35.5. The number of carbonyl (C=O) groups excluding carboxylic acids is 2. The number of ether oxygens (including phenoxy) is 1. The zero-order valence-electron chi connectivity index (χ0n) is 26.4. The van der Waals surface area contributed by atoms with Gasteiger partial charge in [0.25, 0.3) is 0 Å². The van der Waals surface area contributed by atoms with Crippen LogP contribution in [-0.2, 0) is 32.6 Å². The number of para-hydroxylation sites is 1. The SMILES string of the molecule is CS(=O)(=O)N(CC(=O)N(Cc1cccc(Cl)c1)[C@H](Cc1ccccc1)C(=O)NC1CCCCC1)c1ccc(Oc2ccccc2)cc1. The number of amides is 2. The smallest absolute Gasteiger partial charge is 0.244 e. The van der Waals surface area contributed by atoms with Crippen LogP contribution in [0.4, 0.5) is 5.69 Å². The Morgan fingerprint density at radius 1 is 0.830 bits per heavy atom. The zero-order valence-corrected chi connectivity index (χ0v) is 28.0. The maximum absolute atomic E-state index is 14.4. The van der Waals surface area contributed by atoms with Crippen molar-refractivity contribution in [2.45, 2.75) is 57.2 Å². The lowest BCUT2D eigenvalue weighted by atomic mass is 9.94. The molecule has 1 atom stereocenters. The van der Waals surface area contributed by atoms with Crippen LogP contribution >= 0.6 is 11.6 Å². The van der Waals surface area contributed by atoms with Gasteiger partial charge in [0.1, 0.15) is 24.1 Å². The van der Waals surface area contributed by atoms with Gasteiger partial charge < -0.3 is 15.0 Å². The molecule has 1 aliphatic carbocycles. The molecular formula is C37H40ClN3O5S. The lowest BCUT2D eigenvalue weighted by Crippen LogP contribution is -2.55. The fourth-order valence-electron chi connectivity index (χ4n) is 5.85. The van der Waals surface area contributed by atoms with E-state index in [9.17, 15) is 18.0 Å². The van der Waals surface area contributed by atoms with Crippen molar-refractivity contribution in [2.24, 2.45) is 0 Å². The molecule has 10 heteroatoms. The number of rotatable bonds is 13. The van der Waals surface area contributed by atoms with Crippen LogP contribution in [0.25, 0.3) is 0 Å². The largest absolute Gasteiger partial charge is 0.457 e. The molecule has 2 amide bonds. The molecule has 0 saturated heterocycles. The van der Waals surface area contributed by atoms with E-state index < -0.39 is 28.5 Å². The molecule has 1 saturated carbocycles. The van der Waals surface area contributed by atoms with E-state index in [1.807, 2.05) is 66.7 Å². The monoisotopic (exact) mass is 673 g/mol. The Morgan fingerprint density at radius 2 is 1.45 bits per heavy atom. The van der Waals surface area contributed by atoms with Crippen LogP contribution in [0.3, 0.4) is 0 Å².